The van der Waals surface area contributed by atoms with Crippen molar-refractivity contribution >= 4 is 52.0 Å². The molecule has 0 aromatic heterocycles. The molecular weight excluding hydrogens is 216 g/mol. The van der Waals surface area contributed by atoms with Crippen molar-refractivity contribution < 1.29 is 0 Å². The molecule has 0 aliphatic rings. The molecule has 12 N–H and O–H groups in total. The van der Waals surface area contributed by atoms with Crippen LogP contribution in [0.3, 0.4) is 0 Å². The van der Waals surface area contributed by atoms with E-state index in [4.69, 9.17) is 0 Å². The lowest BCUT2D eigenvalue weighted by Gasteiger charge is -1.68. The Balaban J connectivity index is -0.000000101. The van der Waals surface area contributed by atoms with Crippen molar-refractivity contribution in [2.24, 2.45) is 34.4 Å². The van der Waals surface area contributed by atoms with Gasteiger partial charge in [0.15, 0.2) is 15.3 Å². The molecular formula is C3H12N6S3. The molecule has 0 amide bonds. The van der Waals surface area contributed by atoms with Crippen LogP contribution in [-0.2, 0) is 0 Å². The summed E-state index contributed by atoms with van der Waals surface area (Å²) in [6.07, 6.45) is 0. The Bertz CT molecular complexity index is 116. The summed E-state index contributed by atoms with van der Waals surface area (Å²) in [5.41, 5.74) is 27.7. The smallest absolute Gasteiger partial charge is 0.160 e. The number of rotatable bonds is 0. The third kappa shape index (κ3) is 683. The van der Waals surface area contributed by atoms with Crippen molar-refractivity contribution in [2.75, 3.05) is 0 Å². The van der Waals surface area contributed by atoms with Gasteiger partial charge < -0.3 is 34.4 Å². The second kappa shape index (κ2) is 12.7. The van der Waals surface area contributed by atoms with Gasteiger partial charge in [0.05, 0.1) is 0 Å². The minimum atomic E-state index is 0.000000000000000222. The van der Waals surface area contributed by atoms with Crippen LogP contribution in [0.2, 0.25) is 0 Å². The summed E-state index contributed by atoms with van der Waals surface area (Å²) in [5.74, 6) is 0. The minimum absolute atomic E-state index is 0.000000000000000222. The van der Waals surface area contributed by atoms with Crippen LogP contribution in [0, 0.1) is 0 Å². The fraction of sp³-hybridized carbons (Fsp3) is 0. The average Bonchev–Trinajstić information content (AvgIpc) is 1.54. The van der Waals surface area contributed by atoms with Crippen molar-refractivity contribution in [2.45, 2.75) is 0 Å². The van der Waals surface area contributed by atoms with E-state index in [9.17, 15) is 0 Å². The number of nitrogens with two attached hydrogens (primary N) is 6. The van der Waals surface area contributed by atoms with Gasteiger partial charge in [0.25, 0.3) is 0 Å². The van der Waals surface area contributed by atoms with E-state index >= 15 is 0 Å². The van der Waals surface area contributed by atoms with Crippen molar-refractivity contribution in [3.8, 4) is 0 Å². The third-order valence-electron chi connectivity index (χ3n) is 0. The highest BCUT2D eigenvalue weighted by Gasteiger charge is 1.54. The van der Waals surface area contributed by atoms with Crippen LogP contribution in [0.15, 0.2) is 0 Å². The van der Waals surface area contributed by atoms with Crippen LogP contribution >= 0.6 is 36.7 Å². The molecule has 0 heterocycles. The summed E-state index contributed by atoms with van der Waals surface area (Å²) in [5, 5.41) is 0.000000000000000666. The van der Waals surface area contributed by atoms with Crippen molar-refractivity contribution in [3.63, 3.8) is 0 Å². The highest BCUT2D eigenvalue weighted by molar-refractivity contribution is 7.80. The van der Waals surface area contributed by atoms with E-state index in [-0.39, 0.29) is 15.3 Å². The first-order chi connectivity index (χ1) is 5.20. The molecule has 0 saturated heterocycles. The molecule has 0 aromatic carbocycles. The van der Waals surface area contributed by atoms with E-state index in [0.29, 0.717) is 0 Å². The maximum atomic E-state index is 4.62. The molecule has 0 atom stereocenters. The zero-order chi connectivity index (χ0) is 10.7. The molecule has 0 aliphatic heterocycles. The molecule has 0 spiro atoms. The van der Waals surface area contributed by atoms with Gasteiger partial charge in [-0.3, -0.25) is 0 Å². The van der Waals surface area contributed by atoms with Crippen molar-refractivity contribution in [1.29, 1.82) is 0 Å². The molecule has 6 nitrogen and oxygen atoms in total. The summed E-state index contributed by atoms with van der Waals surface area (Å²) in [4.78, 5) is 0. The molecule has 12 heavy (non-hydrogen) atoms. The zero-order valence-corrected chi connectivity index (χ0v) is 8.64. The molecule has 0 unspecified atom stereocenters. The molecule has 0 rings (SSSR count). The minimum Gasteiger partial charge on any atom is -0.377 e. The van der Waals surface area contributed by atoms with Gasteiger partial charge in [0.1, 0.15) is 0 Å². The lowest BCUT2D eigenvalue weighted by atomic mass is 11.3. The third-order valence-corrected chi connectivity index (χ3v) is 0. The molecule has 0 bridgehead atoms. The molecule has 0 aromatic rings. The SMILES string of the molecule is NC(N)=S.NC(N)=S.NC(N)=S. The first-order valence-corrected chi connectivity index (χ1v) is 3.57. The number of hydrogen-bond acceptors (Lipinski definition) is 3. The Morgan fingerprint density at radius 1 is 0.500 bits per heavy atom. The summed E-state index contributed by atoms with van der Waals surface area (Å²) in [6, 6.07) is 0. The predicted octanol–water partition coefficient (Wildman–Crippen LogP) is -2.43. The summed E-state index contributed by atoms with van der Waals surface area (Å²) < 4.78 is 0. The maximum absolute atomic E-state index is 4.62. The van der Waals surface area contributed by atoms with E-state index < -0.39 is 0 Å². The quantitative estimate of drug-likeness (QED) is 0.248. The highest BCUT2D eigenvalue weighted by Crippen LogP contribution is 1.33. The van der Waals surface area contributed by atoms with Crippen molar-refractivity contribution in [3.05, 3.63) is 0 Å². The van der Waals surface area contributed by atoms with Crippen LogP contribution in [0.1, 0.15) is 0 Å². The van der Waals surface area contributed by atoms with Gasteiger partial charge in [-0.2, -0.15) is 0 Å². The topological polar surface area (TPSA) is 156 Å². The van der Waals surface area contributed by atoms with Crippen LogP contribution < -0.4 is 34.4 Å². The Morgan fingerprint density at radius 3 is 0.500 bits per heavy atom. The van der Waals surface area contributed by atoms with Crippen LogP contribution in [0.4, 0.5) is 0 Å². The Kier molecular flexibility index (Phi) is 18.3. The van der Waals surface area contributed by atoms with Gasteiger partial charge >= 0.3 is 0 Å². The summed E-state index contributed by atoms with van der Waals surface area (Å²) in [6.45, 7) is 0. The predicted molar refractivity (Wildman–Crippen MR) is 62.9 cm³/mol. The molecule has 0 fully saturated rings. The van der Waals surface area contributed by atoms with Gasteiger partial charge in [-0.1, -0.05) is 0 Å². The first kappa shape index (κ1) is 17.2. The Hall–Kier alpha value is -0.930. The van der Waals surface area contributed by atoms with Gasteiger partial charge in [-0.25, -0.2) is 0 Å². The second-order valence-electron chi connectivity index (χ2n) is 1.21. The standard InChI is InChI=1S/3CH4N2S/c3*2-1(3)4/h3*(H4,2,3,4). The molecule has 0 radical (unpaired) electrons. The Labute approximate surface area is 86.6 Å². The number of thiocarbonyl (C=S) groups is 3. The molecule has 72 valence electrons. The molecule has 0 aliphatic carbocycles. The first-order valence-electron chi connectivity index (χ1n) is 2.34. The highest BCUT2D eigenvalue weighted by atomic mass is 32.1. The van der Waals surface area contributed by atoms with E-state index in [1.54, 1.807) is 0 Å². The Morgan fingerprint density at radius 2 is 0.500 bits per heavy atom. The second-order valence-corrected chi connectivity index (χ2v) is 2.62. The lowest BCUT2D eigenvalue weighted by Crippen LogP contribution is -2.18. The fourth-order valence-corrected chi connectivity index (χ4v) is 0. The van der Waals surface area contributed by atoms with Crippen molar-refractivity contribution in [1.82, 2.24) is 0 Å². The largest absolute Gasteiger partial charge is 0.377 e. The summed E-state index contributed by atoms with van der Waals surface area (Å²) in [7, 11) is 0. The van der Waals surface area contributed by atoms with E-state index in [0.717, 1.165) is 0 Å². The van der Waals surface area contributed by atoms with Gasteiger partial charge in [-0.15, -0.1) is 0 Å². The molecule has 0 saturated carbocycles. The number of hydrogen-bond donors (Lipinski definition) is 6. The summed E-state index contributed by atoms with van der Waals surface area (Å²) >= 11 is 12.3. The maximum Gasteiger partial charge on any atom is 0.160 e. The van der Waals surface area contributed by atoms with E-state index in [1.165, 1.54) is 0 Å². The van der Waals surface area contributed by atoms with E-state index in [2.05, 4.69) is 71.1 Å². The lowest BCUT2D eigenvalue weighted by molar-refractivity contribution is 1.65. The van der Waals surface area contributed by atoms with Gasteiger partial charge in [0, 0.05) is 0 Å². The zero-order valence-electron chi connectivity index (χ0n) is 6.19. The fourth-order valence-electron chi connectivity index (χ4n) is 0. The van der Waals surface area contributed by atoms with Gasteiger partial charge in [-0.05, 0) is 36.7 Å². The molecule has 9 heteroatoms. The van der Waals surface area contributed by atoms with Crippen LogP contribution in [0.5, 0.6) is 0 Å². The monoisotopic (exact) mass is 228 g/mol. The normalized spacial score (nSPS) is 6.00. The van der Waals surface area contributed by atoms with Gasteiger partial charge in [0.2, 0.25) is 0 Å². The van der Waals surface area contributed by atoms with E-state index in [1.807, 2.05) is 0 Å². The van der Waals surface area contributed by atoms with Crippen LogP contribution in [0.25, 0.3) is 0 Å². The van der Waals surface area contributed by atoms with Crippen LogP contribution in [-0.4, -0.2) is 15.3 Å². The average molecular weight is 228 g/mol.